The van der Waals surface area contributed by atoms with Crippen molar-refractivity contribution in [3.05, 3.63) is 64.7 Å². The first-order valence-corrected chi connectivity index (χ1v) is 8.90. The molecule has 0 saturated heterocycles. The van der Waals surface area contributed by atoms with Gasteiger partial charge in [0.1, 0.15) is 0 Å². The molecule has 3 rings (SSSR count). The number of fused-ring (bicyclic) bond motifs is 2. The average Bonchev–Trinajstić information content (AvgIpc) is 2.75. The molecule has 0 bridgehead atoms. The number of benzene rings is 2. The number of rotatable bonds is 4. The van der Waals surface area contributed by atoms with Crippen molar-refractivity contribution in [2.45, 2.75) is 9.79 Å². The summed E-state index contributed by atoms with van der Waals surface area (Å²) in [5, 5.41) is 8.53. The summed E-state index contributed by atoms with van der Waals surface area (Å²) >= 11 is 5.76. The summed E-state index contributed by atoms with van der Waals surface area (Å²) in [7, 11) is 1.77. The predicted molar refractivity (Wildman–Crippen MR) is 103 cm³/mol. The minimum Gasteiger partial charge on any atom is -0.393 e. The van der Waals surface area contributed by atoms with E-state index in [1.807, 2.05) is 24.3 Å². The van der Waals surface area contributed by atoms with Gasteiger partial charge in [0.15, 0.2) is 0 Å². The lowest BCUT2D eigenvalue weighted by Gasteiger charge is -2.10. The summed E-state index contributed by atoms with van der Waals surface area (Å²) in [6, 6.07) is 12.7. The Balaban J connectivity index is 1.81. The Kier molecular flexibility index (Phi) is 5.35. The molecule has 0 aliphatic carbocycles. The summed E-state index contributed by atoms with van der Waals surface area (Å²) in [5.74, 6) is -0.395. The van der Waals surface area contributed by atoms with Gasteiger partial charge in [0.25, 0.3) is 11.8 Å². The smallest absolute Gasteiger partial charge is 0.256 e. The van der Waals surface area contributed by atoms with Crippen molar-refractivity contribution in [3.8, 4) is 0 Å². The van der Waals surface area contributed by atoms with Crippen LogP contribution in [0.5, 0.6) is 0 Å². The fourth-order valence-electron chi connectivity index (χ4n) is 2.40. The highest BCUT2D eigenvalue weighted by atomic mass is 32.2. The lowest BCUT2D eigenvalue weighted by molar-refractivity contribution is 0.0956. The van der Waals surface area contributed by atoms with E-state index >= 15 is 0 Å². The third-order valence-electron chi connectivity index (χ3n) is 3.58. The molecule has 128 valence electrons. The largest absolute Gasteiger partial charge is 0.393 e. The third kappa shape index (κ3) is 4.00. The van der Waals surface area contributed by atoms with Gasteiger partial charge in [-0.2, -0.15) is 0 Å². The summed E-state index contributed by atoms with van der Waals surface area (Å²) < 4.78 is 0. The fourth-order valence-corrected chi connectivity index (χ4v) is 3.62. The second-order valence-electron chi connectivity index (χ2n) is 5.37. The van der Waals surface area contributed by atoms with Gasteiger partial charge < -0.3 is 16.0 Å². The van der Waals surface area contributed by atoms with Gasteiger partial charge in [0.05, 0.1) is 17.8 Å². The number of carbonyl (C=O) groups excluding carboxylic acids is 2. The molecule has 7 heteroatoms. The second-order valence-corrected chi connectivity index (χ2v) is 7.03. The van der Waals surface area contributed by atoms with Crippen LogP contribution in [0.1, 0.15) is 20.7 Å². The van der Waals surface area contributed by atoms with Crippen LogP contribution >= 0.6 is 24.4 Å². The van der Waals surface area contributed by atoms with Crippen LogP contribution in [0.4, 0.5) is 5.69 Å². The first-order chi connectivity index (χ1) is 12.1. The molecule has 25 heavy (non-hydrogen) atoms. The molecule has 0 spiro atoms. The molecular weight excluding hydrogens is 354 g/mol. The third-order valence-corrected chi connectivity index (χ3v) is 5.02. The van der Waals surface area contributed by atoms with Crippen LogP contribution in [0.15, 0.2) is 63.4 Å². The molecule has 3 N–H and O–H groups in total. The van der Waals surface area contributed by atoms with Crippen molar-refractivity contribution in [1.82, 2.24) is 10.6 Å². The molecule has 0 unspecified atom stereocenters. The number of anilines is 1. The van der Waals surface area contributed by atoms with Gasteiger partial charge in [-0.05, 0) is 30.3 Å². The zero-order valence-corrected chi connectivity index (χ0v) is 15.2. The van der Waals surface area contributed by atoms with Crippen molar-refractivity contribution >= 4 is 41.9 Å². The van der Waals surface area contributed by atoms with E-state index in [0.29, 0.717) is 28.3 Å². The quantitative estimate of drug-likeness (QED) is 0.623. The van der Waals surface area contributed by atoms with Gasteiger partial charge in [-0.1, -0.05) is 23.9 Å². The molecule has 1 heterocycles. The highest BCUT2D eigenvalue weighted by Gasteiger charge is 2.20. The fraction of sp³-hybridized carbons (Fsp3) is 0.111. The first-order valence-electron chi connectivity index (χ1n) is 7.64. The monoisotopic (exact) mass is 371 g/mol. The zero-order valence-electron chi connectivity index (χ0n) is 13.5. The Morgan fingerprint density at radius 1 is 1.24 bits per heavy atom. The van der Waals surface area contributed by atoms with E-state index in [4.69, 9.17) is 0 Å². The lowest BCUT2D eigenvalue weighted by atomic mass is 10.1. The summed E-state index contributed by atoms with van der Waals surface area (Å²) in [6.07, 6.45) is 1.70. The highest BCUT2D eigenvalue weighted by Crippen LogP contribution is 2.38. The summed E-state index contributed by atoms with van der Waals surface area (Å²) in [6.45, 7) is 0.326. The molecule has 1 aliphatic heterocycles. The van der Waals surface area contributed by atoms with Gasteiger partial charge in [0, 0.05) is 33.5 Å². The van der Waals surface area contributed by atoms with Crippen molar-refractivity contribution < 1.29 is 9.59 Å². The maximum absolute atomic E-state index is 12.4. The molecule has 0 fully saturated rings. The molecule has 0 saturated carbocycles. The number of thiol groups is 1. The molecule has 2 aromatic rings. The second kappa shape index (κ2) is 7.67. The van der Waals surface area contributed by atoms with Crippen molar-refractivity contribution in [2.24, 2.45) is 0 Å². The SMILES string of the molecule is CN/C=C(\S)CNC(=O)c1ccc2c(c1)NC(=O)c1ccccc1S2. The van der Waals surface area contributed by atoms with Crippen LogP contribution in [-0.4, -0.2) is 25.4 Å². The maximum Gasteiger partial charge on any atom is 0.256 e. The van der Waals surface area contributed by atoms with Gasteiger partial charge in [-0.25, -0.2) is 0 Å². The Morgan fingerprint density at radius 2 is 2.04 bits per heavy atom. The van der Waals surface area contributed by atoms with E-state index in [1.165, 1.54) is 11.8 Å². The molecule has 2 amide bonds. The van der Waals surface area contributed by atoms with Crippen LogP contribution in [-0.2, 0) is 0 Å². The van der Waals surface area contributed by atoms with E-state index < -0.39 is 0 Å². The molecule has 1 aliphatic rings. The van der Waals surface area contributed by atoms with Gasteiger partial charge in [-0.15, -0.1) is 12.6 Å². The number of hydrogen-bond acceptors (Lipinski definition) is 5. The Hall–Kier alpha value is -2.38. The van der Waals surface area contributed by atoms with Gasteiger partial charge >= 0.3 is 0 Å². The maximum atomic E-state index is 12.4. The van der Waals surface area contributed by atoms with Crippen LogP contribution in [0.25, 0.3) is 0 Å². The van der Waals surface area contributed by atoms with Crippen molar-refractivity contribution in [2.75, 3.05) is 18.9 Å². The average molecular weight is 371 g/mol. The molecular formula is C18H17N3O2S2. The molecule has 0 atom stereocenters. The zero-order chi connectivity index (χ0) is 17.8. The van der Waals surface area contributed by atoms with Crippen molar-refractivity contribution in [1.29, 1.82) is 0 Å². The highest BCUT2D eigenvalue weighted by molar-refractivity contribution is 7.99. The van der Waals surface area contributed by atoms with E-state index in [9.17, 15) is 9.59 Å². The predicted octanol–water partition coefficient (Wildman–Crippen LogP) is 3.12. The van der Waals surface area contributed by atoms with Gasteiger partial charge in [0.2, 0.25) is 0 Å². The number of nitrogens with one attached hydrogen (secondary N) is 3. The van der Waals surface area contributed by atoms with E-state index in [1.54, 1.807) is 31.4 Å². The van der Waals surface area contributed by atoms with E-state index in [-0.39, 0.29) is 11.8 Å². The molecule has 2 aromatic carbocycles. The summed E-state index contributed by atoms with van der Waals surface area (Å²) in [4.78, 5) is 27.2. The van der Waals surface area contributed by atoms with E-state index in [0.717, 1.165) is 9.79 Å². The Labute approximate surface area is 155 Å². The summed E-state index contributed by atoms with van der Waals surface area (Å²) in [5.41, 5.74) is 1.75. The molecule has 0 radical (unpaired) electrons. The number of hydrogen-bond donors (Lipinski definition) is 4. The lowest BCUT2D eigenvalue weighted by Crippen LogP contribution is -2.25. The van der Waals surface area contributed by atoms with E-state index in [2.05, 4.69) is 28.6 Å². The van der Waals surface area contributed by atoms with Crippen LogP contribution in [0.2, 0.25) is 0 Å². The van der Waals surface area contributed by atoms with Gasteiger partial charge in [-0.3, -0.25) is 9.59 Å². The van der Waals surface area contributed by atoms with Crippen molar-refractivity contribution in [3.63, 3.8) is 0 Å². The number of amides is 2. The standard InChI is InChI=1S/C18H17N3O2S2/c1-19-9-12(24)10-20-17(22)11-6-7-16-14(8-11)21-18(23)13-4-2-3-5-15(13)25-16/h2-9,19,24H,10H2,1H3,(H,20,22)(H,21,23)/b12-9-. The normalized spacial score (nSPS) is 13.2. The Morgan fingerprint density at radius 3 is 2.84 bits per heavy atom. The number of carbonyl (C=O) groups is 2. The van der Waals surface area contributed by atoms with Crippen LogP contribution in [0, 0.1) is 0 Å². The topological polar surface area (TPSA) is 70.2 Å². The molecule has 5 nitrogen and oxygen atoms in total. The Bertz CT molecular complexity index is 865. The molecule has 0 aromatic heterocycles. The first kappa shape index (κ1) is 17.4. The minimum atomic E-state index is -0.222. The van der Waals surface area contributed by atoms with Crippen LogP contribution < -0.4 is 16.0 Å². The minimum absolute atomic E-state index is 0.172. The van der Waals surface area contributed by atoms with Crippen LogP contribution in [0.3, 0.4) is 0 Å².